The Morgan fingerprint density at radius 2 is 2.27 bits per heavy atom. The van der Waals surface area contributed by atoms with Gasteiger partial charge in [0.1, 0.15) is 0 Å². The Labute approximate surface area is 136 Å². The molecule has 0 radical (unpaired) electrons. The first kappa shape index (κ1) is 17.1. The van der Waals surface area contributed by atoms with Crippen LogP contribution in [0.25, 0.3) is 0 Å². The summed E-state index contributed by atoms with van der Waals surface area (Å²) in [6, 6.07) is 7.28. The number of benzene rings is 1. The monoisotopic (exact) mass is 325 g/mol. The minimum Gasteiger partial charge on any atom is -0.387 e. The Balaban J connectivity index is 1.89. The topological polar surface area (TPSA) is 55.8 Å². The maximum absolute atomic E-state index is 12.3. The molecular formula is C16H24ClN3O2. The number of piperidine rings is 1. The second kappa shape index (κ2) is 7.31. The predicted molar refractivity (Wildman–Crippen MR) is 88.0 cm³/mol. The fourth-order valence-corrected chi connectivity index (χ4v) is 3.15. The van der Waals surface area contributed by atoms with Gasteiger partial charge in [-0.2, -0.15) is 0 Å². The molecule has 22 heavy (non-hydrogen) atoms. The van der Waals surface area contributed by atoms with Gasteiger partial charge in [-0.05, 0) is 44.6 Å². The Hall–Kier alpha value is -1.30. The van der Waals surface area contributed by atoms with Crippen molar-refractivity contribution < 1.29 is 9.90 Å². The molecule has 1 heterocycles. The van der Waals surface area contributed by atoms with Gasteiger partial charge in [-0.25, -0.2) is 4.79 Å². The first-order chi connectivity index (χ1) is 10.4. The molecule has 1 atom stereocenters. The van der Waals surface area contributed by atoms with Gasteiger partial charge in [0.15, 0.2) is 0 Å². The van der Waals surface area contributed by atoms with Crippen LogP contribution in [0, 0.1) is 0 Å². The minimum atomic E-state index is -0.824. The van der Waals surface area contributed by atoms with Crippen molar-refractivity contribution in [3.05, 3.63) is 34.9 Å². The van der Waals surface area contributed by atoms with Crippen molar-refractivity contribution >= 4 is 17.6 Å². The van der Waals surface area contributed by atoms with Crippen molar-refractivity contribution in [2.75, 3.05) is 33.7 Å². The third-order valence-electron chi connectivity index (χ3n) is 3.79. The smallest absolute Gasteiger partial charge is 0.317 e. The van der Waals surface area contributed by atoms with E-state index in [1.165, 1.54) is 0 Å². The minimum absolute atomic E-state index is 0.142. The van der Waals surface area contributed by atoms with E-state index in [-0.39, 0.29) is 6.03 Å². The van der Waals surface area contributed by atoms with Gasteiger partial charge in [0, 0.05) is 24.7 Å². The Bertz CT molecular complexity index is 524. The van der Waals surface area contributed by atoms with E-state index >= 15 is 0 Å². The first-order valence-electron chi connectivity index (χ1n) is 7.52. The fourth-order valence-electron chi connectivity index (χ4n) is 2.94. The van der Waals surface area contributed by atoms with Crippen LogP contribution in [0.5, 0.6) is 0 Å². The van der Waals surface area contributed by atoms with Crippen molar-refractivity contribution in [2.45, 2.75) is 25.0 Å². The van der Waals surface area contributed by atoms with E-state index in [9.17, 15) is 9.90 Å². The number of hydrogen-bond acceptors (Lipinski definition) is 3. The average molecular weight is 326 g/mol. The average Bonchev–Trinajstić information content (AvgIpc) is 2.43. The van der Waals surface area contributed by atoms with Crippen LogP contribution < -0.4 is 5.32 Å². The molecule has 1 aliphatic heterocycles. The normalized spacial score (nSPS) is 22.0. The lowest BCUT2D eigenvalue weighted by Gasteiger charge is -2.40. The van der Waals surface area contributed by atoms with Crippen LogP contribution in [0.15, 0.2) is 24.3 Å². The Morgan fingerprint density at radius 3 is 2.95 bits per heavy atom. The van der Waals surface area contributed by atoms with Gasteiger partial charge in [0.25, 0.3) is 0 Å². The zero-order chi connectivity index (χ0) is 16.2. The van der Waals surface area contributed by atoms with Crippen LogP contribution in [0.4, 0.5) is 4.79 Å². The summed E-state index contributed by atoms with van der Waals surface area (Å²) in [5.41, 5.74) is 0.135. The lowest BCUT2D eigenvalue weighted by molar-refractivity contribution is -0.0347. The summed E-state index contributed by atoms with van der Waals surface area (Å²) in [6.45, 7) is 2.04. The van der Waals surface area contributed by atoms with E-state index in [0.29, 0.717) is 31.2 Å². The van der Waals surface area contributed by atoms with Gasteiger partial charge < -0.3 is 20.2 Å². The predicted octanol–water partition coefficient (Wildman–Crippen LogP) is 1.94. The molecule has 2 rings (SSSR count). The molecule has 2 N–H and O–H groups in total. The molecule has 2 amide bonds. The summed E-state index contributed by atoms with van der Waals surface area (Å²) in [7, 11) is 3.85. The molecule has 0 aliphatic carbocycles. The van der Waals surface area contributed by atoms with Crippen molar-refractivity contribution in [3.8, 4) is 0 Å². The molecule has 6 heteroatoms. The number of urea groups is 1. The number of carbonyl (C=O) groups is 1. The lowest BCUT2D eigenvalue weighted by Crippen LogP contribution is -2.56. The quantitative estimate of drug-likeness (QED) is 0.889. The Morgan fingerprint density at radius 1 is 1.50 bits per heavy atom. The van der Waals surface area contributed by atoms with Crippen molar-refractivity contribution in [3.63, 3.8) is 0 Å². The molecule has 1 aromatic carbocycles. The number of carbonyl (C=O) groups excluding carboxylic acids is 1. The molecule has 0 aromatic heterocycles. The van der Waals surface area contributed by atoms with E-state index in [0.717, 1.165) is 18.4 Å². The number of nitrogens with zero attached hydrogens (tertiary/aromatic N) is 2. The number of likely N-dealkylation sites (N-methyl/N-ethyl adjacent to an activating group) is 1. The summed E-state index contributed by atoms with van der Waals surface area (Å²) < 4.78 is 0. The van der Waals surface area contributed by atoms with Crippen molar-refractivity contribution in [1.29, 1.82) is 0 Å². The largest absolute Gasteiger partial charge is 0.387 e. The molecule has 1 unspecified atom stereocenters. The maximum Gasteiger partial charge on any atom is 0.317 e. The van der Waals surface area contributed by atoms with Crippen molar-refractivity contribution in [2.24, 2.45) is 0 Å². The molecule has 1 saturated heterocycles. The molecule has 0 bridgehead atoms. The van der Waals surface area contributed by atoms with Gasteiger partial charge >= 0.3 is 6.03 Å². The number of hydrogen-bond donors (Lipinski definition) is 2. The highest BCUT2D eigenvalue weighted by Gasteiger charge is 2.35. The Kier molecular flexibility index (Phi) is 5.67. The van der Waals surface area contributed by atoms with Crippen LogP contribution >= 0.6 is 11.6 Å². The number of nitrogens with one attached hydrogen (secondary N) is 1. The highest BCUT2D eigenvalue weighted by Crippen LogP contribution is 2.22. The number of aliphatic hydroxyl groups is 1. The van der Waals surface area contributed by atoms with Gasteiger partial charge in [0.05, 0.1) is 12.1 Å². The number of likely N-dealkylation sites (tertiary alicyclic amines) is 1. The van der Waals surface area contributed by atoms with Gasteiger partial charge in [-0.15, -0.1) is 0 Å². The van der Waals surface area contributed by atoms with Crippen LogP contribution in [0.1, 0.15) is 18.4 Å². The van der Waals surface area contributed by atoms with E-state index in [1.807, 2.05) is 37.2 Å². The van der Waals surface area contributed by atoms with E-state index < -0.39 is 5.60 Å². The van der Waals surface area contributed by atoms with Crippen LogP contribution in [0.2, 0.25) is 5.02 Å². The second-order valence-corrected chi connectivity index (χ2v) is 6.71. The van der Waals surface area contributed by atoms with E-state index in [1.54, 1.807) is 11.0 Å². The SMILES string of the molecule is CN(C)CC1(O)CCCN(C(=O)NCc2cccc(Cl)c2)C1. The summed E-state index contributed by atoms with van der Waals surface area (Å²) in [4.78, 5) is 15.9. The van der Waals surface area contributed by atoms with Crippen LogP contribution in [0.3, 0.4) is 0 Å². The summed E-state index contributed by atoms with van der Waals surface area (Å²) >= 11 is 5.93. The fraction of sp³-hybridized carbons (Fsp3) is 0.562. The highest BCUT2D eigenvalue weighted by molar-refractivity contribution is 6.30. The zero-order valence-electron chi connectivity index (χ0n) is 13.2. The molecular weight excluding hydrogens is 302 g/mol. The zero-order valence-corrected chi connectivity index (χ0v) is 13.9. The lowest BCUT2D eigenvalue weighted by atomic mass is 9.92. The molecule has 1 fully saturated rings. The van der Waals surface area contributed by atoms with E-state index in [2.05, 4.69) is 5.32 Å². The van der Waals surface area contributed by atoms with Crippen LogP contribution in [-0.2, 0) is 6.54 Å². The molecule has 0 saturated carbocycles. The third-order valence-corrected chi connectivity index (χ3v) is 4.02. The molecule has 1 aliphatic rings. The number of halogens is 1. The first-order valence-corrected chi connectivity index (χ1v) is 7.90. The van der Waals surface area contributed by atoms with E-state index in [4.69, 9.17) is 11.6 Å². The standard InChI is InChI=1S/C16H24ClN3O2/c1-19(2)11-16(22)7-4-8-20(12-16)15(21)18-10-13-5-3-6-14(17)9-13/h3,5-6,9,22H,4,7-8,10-12H2,1-2H3,(H,18,21). The molecule has 5 nitrogen and oxygen atoms in total. The molecule has 0 spiro atoms. The third kappa shape index (κ3) is 4.87. The summed E-state index contributed by atoms with van der Waals surface area (Å²) in [6.07, 6.45) is 1.54. The van der Waals surface area contributed by atoms with Gasteiger partial charge in [-0.3, -0.25) is 0 Å². The van der Waals surface area contributed by atoms with Gasteiger partial charge in [0.2, 0.25) is 0 Å². The number of β-amino-alcohol motifs (C(OH)–C–C–N with tert-alkyl or cyclic N) is 1. The van der Waals surface area contributed by atoms with Gasteiger partial charge in [-0.1, -0.05) is 23.7 Å². The highest BCUT2D eigenvalue weighted by atomic mass is 35.5. The number of rotatable bonds is 4. The van der Waals surface area contributed by atoms with Crippen molar-refractivity contribution in [1.82, 2.24) is 15.1 Å². The maximum atomic E-state index is 12.3. The molecule has 122 valence electrons. The van der Waals surface area contributed by atoms with Crippen LogP contribution in [-0.4, -0.2) is 60.3 Å². The molecule has 1 aromatic rings. The second-order valence-electron chi connectivity index (χ2n) is 6.28. The summed E-state index contributed by atoms with van der Waals surface area (Å²) in [5, 5.41) is 14.1. The summed E-state index contributed by atoms with van der Waals surface area (Å²) in [5.74, 6) is 0. The number of amides is 2.